The summed E-state index contributed by atoms with van der Waals surface area (Å²) < 4.78 is 0. The van der Waals surface area contributed by atoms with Crippen molar-refractivity contribution >= 4 is 17.2 Å². The van der Waals surface area contributed by atoms with Gasteiger partial charge in [-0.15, -0.1) is 11.3 Å². The molecule has 0 radical (unpaired) electrons. The van der Waals surface area contributed by atoms with Crippen LogP contribution in [0.25, 0.3) is 0 Å². The summed E-state index contributed by atoms with van der Waals surface area (Å²) in [5.41, 5.74) is 0. The Labute approximate surface area is 131 Å². The van der Waals surface area contributed by atoms with Crippen LogP contribution in [0.2, 0.25) is 0 Å². The largest absolute Gasteiger partial charge is 0.341 e. The van der Waals surface area contributed by atoms with Gasteiger partial charge >= 0.3 is 0 Å². The first kappa shape index (κ1) is 15.0. The number of nitrogens with zero attached hydrogens (tertiary/aromatic N) is 1. The van der Waals surface area contributed by atoms with Gasteiger partial charge in [-0.1, -0.05) is 6.07 Å². The Morgan fingerprint density at radius 1 is 1.33 bits per heavy atom. The third kappa shape index (κ3) is 4.82. The summed E-state index contributed by atoms with van der Waals surface area (Å²) in [6.07, 6.45) is 7.85. The Bertz CT molecular complexity index is 436. The number of hydrogen-bond acceptors (Lipinski definition) is 3. The lowest BCUT2D eigenvalue weighted by molar-refractivity contribution is -0.131. The fourth-order valence-electron chi connectivity index (χ4n) is 3.10. The van der Waals surface area contributed by atoms with E-state index < -0.39 is 0 Å². The van der Waals surface area contributed by atoms with Crippen LogP contribution in [0, 0.1) is 5.92 Å². The lowest BCUT2D eigenvalue weighted by Gasteiger charge is -2.26. The topological polar surface area (TPSA) is 32.3 Å². The van der Waals surface area contributed by atoms with Gasteiger partial charge in [0.2, 0.25) is 5.91 Å². The van der Waals surface area contributed by atoms with Crippen molar-refractivity contribution in [3.63, 3.8) is 0 Å². The lowest BCUT2D eigenvalue weighted by Crippen LogP contribution is -2.42. The molecule has 1 amide bonds. The van der Waals surface area contributed by atoms with Crippen LogP contribution in [-0.4, -0.2) is 36.5 Å². The molecule has 1 N–H and O–H groups in total. The molecule has 21 heavy (non-hydrogen) atoms. The zero-order chi connectivity index (χ0) is 14.5. The number of carbonyl (C=O) groups is 1. The second-order valence-corrected chi connectivity index (χ2v) is 7.50. The molecular weight excluding hydrogens is 280 g/mol. The van der Waals surface area contributed by atoms with Gasteiger partial charge in [0, 0.05) is 30.4 Å². The average molecular weight is 306 g/mol. The van der Waals surface area contributed by atoms with Gasteiger partial charge in [0.25, 0.3) is 0 Å². The molecule has 116 valence electrons. The van der Waals surface area contributed by atoms with Gasteiger partial charge in [0.15, 0.2) is 0 Å². The minimum Gasteiger partial charge on any atom is -0.341 e. The normalized spacial score (nSPS) is 21.6. The molecule has 0 aromatic carbocycles. The van der Waals surface area contributed by atoms with E-state index in [4.69, 9.17) is 0 Å². The van der Waals surface area contributed by atoms with Gasteiger partial charge in [0.05, 0.1) is 0 Å². The lowest BCUT2D eigenvalue weighted by atomic mass is 10.1. The van der Waals surface area contributed by atoms with Crippen molar-refractivity contribution in [2.24, 2.45) is 5.92 Å². The molecule has 1 atom stereocenters. The monoisotopic (exact) mass is 306 g/mol. The molecule has 3 rings (SSSR count). The van der Waals surface area contributed by atoms with Gasteiger partial charge in [-0.25, -0.2) is 0 Å². The first-order valence-corrected chi connectivity index (χ1v) is 9.23. The Hall–Kier alpha value is -0.870. The molecule has 2 heterocycles. The molecule has 1 saturated carbocycles. The van der Waals surface area contributed by atoms with E-state index in [1.807, 2.05) is 0 Å². The fourth-order valence-corrected chi connectivity index (χ4v) is 3.85. The van der Waals surface area contributed by atoms with Gasteiger partial charge in [-0.05, 0) is 62.4 Å². The molecule has 3 nitrogen and oxygen atoms in total. The summed E-state index contributed by atoms with van der Waals surface area (Å²) in [4.78, 5) is 16.1. The van der Waals surface area contributed by atoms with E-state index in [-0.39, 0.29) is 0 Å². The predicted molar refractivity (Wildman–Crippen MR) is 87.6 cm³/mol. The second-order valence-electron chi connectivity index (χ2n) is 6.47. The SMILES string of the molecule is O=C(CCCc1cccs1)N(CC1CC1)CC1CCCN1. The van der Waals surface area contributed by atoms with Crippen LogP contribution >= 0.6 is 11.3 Å². The Morgan fingerprint density at radius 3 is 2.90 bits per heavy atom. The van der Waals surface area contributed by atoms with Crippen LogP contribution in [0.1, 0.15) is 43.4 Å². The number of aryl methyl sites for hydroxylation is 1. The summed E-state index contributed by atoms with van der Waals surface area (Å²) >= 11 is 1.79. The van der Waals surface area contributed by atoms with Crippen molar-refractivity contribution in [3.8, 4) is 0 Å². The molecule has 1 aliphatic carbocycles. The van der Waals surface area contributed by atoms with Crippen molar-refractivity contribution in [3.05, 3.63) is 22.4 Å². The molecule has 1 aromatic heterocycles. The van der Waals surface area contributed by atoms with Crippen molar-refractivity contribution < 1.29 is 4.79 Å². The molecule has 1 unspecified atom stereocenters. The maximum atomic E-state index is 12.5. The van der Waals surface area contributed by atoms with Gasteiger partial charge in [-0.2, -0.15) is 0 Å². The zero-order valence-electron chi connectivity index (χ0n) is 12.7. The van der Waals surface area contributed by atoms with Crippen LogP contribution in [-0.2, 0) is 11.2 Å². The molecule has 2 aliphatic rings. The van der Waals surface area contributed by atoms with Crippen LogP contribution in [0.15, 0.2) is 17.5 Å². The van der Waals surface area contributed by atoms with Gasteiger partial charge in [0.1, 0.15) is 0 Å². The van der Waals surface area contributed by atoms with E-state index in [1.54, 1.807) is 11.3 Å². The van der Waals surface area contributed by atoms with Crippen LogP contribution in [0.3, 0.4) is 0 Å². The molecule has 1 saturated heterocycles. The number of nitrogens with one attached hydrogen (secondary N) is 1. The summed E-state index contributed by atoms with van der Waals surface area (Å²) in [7, 11) is 0. The fraction of sp³-hybridized carbons (Fsp3) is 0.706. The molecule has 0 bridgehead atoms. The quantitative estimate of drug-likeness (QED) is 0.800. The Kier molecular flexibility index (Phi) is 5.31. The van der Waals surface area contributed by atoms with Crippen molar-refractivity contribution in [2.75, 3.05) is 19.6 Å². The number of carbonyl (C=O) groups excluding carboxylic acids is 1. The standard InChI is InChI=1S/C17H26N2OS/c20-17(7-1-5-16-6-3-11-21-16)19(12-14-8-9-14)13-15-4-2-10-18-15/h3,6,11,14-15,18H,1-2,4-5,7-10,12-13H2. The smallest absolute Gasteiger partial charge is 0.222 e. The highest BCUT2D eigenvalue weighted by Gasteiger charge is 2.28. The molecule has 0 spiro atoms. The number of thiophene rings is 1. The van der Waals surface area contributed by atoms with E-state index in [9.17, 15) is 4.79 Å². The molecule has 4 heteroatoms. The van der Waals surface area contributed by atoms with Crippen molar-refractivity contribution in [2.45, 2.75) is 51.0 Å². The molecule has 2 fully saturated rings. The molecular formula is C17H26N2OS. The van der Waals surface area contributed by atoms with E-state index in [2.05, 4.69) is 27.7 Å². The Morgan fingerprint density at radius 2 is 2.24 bits per heavy atom. The van der Waals surface area contributed by atoms with Gasteiger partial charge < -0.3 is 10.2 Å². The third-order valence-corrected chi connectivity index (χ3v) is 5.46. The van der Waals surface area contributed by atoms with E-state index in [0.29, 0.717) is 18.4 Å². The molecule has 1 aromatic rings. The van der Waals surface area contributed by atoms with Crippen LogP contribution in [0.5, 0.6) is 0 Å². The number of rotatable bonds is 8. The number of hydrogen-bond donors (Lipinski definition) is 1. The van der Waals surface area contributed by atoms with E-state index >= 15 is 0 Å². The van der Waals surface area contributed by atoms with Crippen LogP contribution < -0.4 is 5.32 Å². The second kappa shape index (κ2) is 7.41. The minimum absolute atomic E-state index is 0.368. The van der Waals surface area contributed by atoms with E-state index in [1.165, 1.54) is 30.6 Å². The summed E-state index contributed by atoms with van der Waals surface area (Å²) in [6.45, 7) is 3.04. The van der Waals surface area contributed by atoms with Crippen molar-refractivity contribution in [1.82, 2.24) is 10.2 Å². The minimum atomic E-state index is 0.368. The number of amides is 1. The predicted octanol–water partition coefficient (Wildman–Crippen LogP) is 3.06. The Balaban J connectivity index is 1.45. The van der Waals surface area contributed by atoms with Crippen molar-refractivity contribution in [1.29, 1.82) is 0 Å². The van der Waals surface area contributed by atoms with E-state index in [0.717, 1.165) is 38.4 Å². The molecule has 1 aliphatic heterocycles. The highest BCUT2D eigenvalue weighted by atomic mass is 32.1. The summed E-state index contributed by atoms with van der Waals surface area (Å²) in [5.74, 6) is 1.15. The maximum absolute atomic E-state index is 12.5. The zero-order valence-corrected chi connectivity index (χ0v) is 13.5. The first-order chi connectivity index (χ1) is 10.3. The summed E-state index contributed by atoms with van der Waals surface area (Å²) in [5, 5.41) is 5.64. The first-order valence-electron chi connectivity index (χ1n) is 8.35. The summed E-state index contributed by atoms with van der Waals surface area (Å²) in [6, 6.07) is 4.79. The third-order valence-electron chi connectivity index (χ3n) is 4.53. The van der Waals surface area contributed by atoms with Gasteiger partial charge in [-0.3, -0.25) is 4.79 Å². The van der Waals surface area contributed by atoms with Crippen LogP contribution in [0.4, 0.5) is 0 Å². The highest BCUT2D eigenvalue weighted by molar-refractivity contribution is 7.09. The average Bonchev–Trinajstić information content (AvgIpc) is 2.94. The maximum Gasteiger partial charge on any atom is 0.222 e. The highest BCUT2D eigenvalue weighted by Crippen LogP contribution is 2.30.